The Morgan fingerprint density at radius 3 is 2.65 bits per heavy atom. The SMILES string of the molecule is CCCNC(c1cc(F)c(Br)cc1F)C1CC1. The Balaban J connectivity index is 2.25. The highest BCUT2D eigenvalue weighted by Crippen LogP contribution is 2.42. The van der Waals surface area contributed by atoms with Crippen LogP contribution in [0.1, 0.15) is 37.8 Å². The van der Waals surface area contributed by atoms with Crippen LogP contribution in [0, 0.1) is 17.6 Å². The van der Waals surface area contributed by atoms with Gasteiger partial charge in [0.2, 0.25) is 0 Å². The molecule has 1 aliphatic rings. The average Bonchev–Trinajstić information content (AvgIpc) is 3.10. The van der Waals surface area contributed by atoms with E-state index in [0.717, 1.165) is 25.8 Å². The molecule has 1 unspecified atom stereocenters. The molecule has 1 aromatic carbocycles. The van der Waals surface area contributed by atoms with Gasteiger partial charge in [-0.1, -0.05) is 6.92 Å². The first-order valence-electron chi connectivity index (χ1n) is 6.01. The molecule has 1 aromatic rings. The van der Waals surface area contributed by atoms with Gasteiger partial charge in [-0.3, -0.25) is 0 Å². The van der Waals surface area contributed by atoms with Gasteiger partial charge in [-0.15, -0.1) is 0 Å². The lowest BCUT2D eigenvalue weighted by atomic mass is 10.0. The van der Waals surface area contributed by atoms with Crippen LogP contribution >= 0.6 is 15.9 Å². The Bertz CT molecular complexity index is 405. The second-order valence-electron chi connectivity index (χ2n) is 4.56. The van der Waals surface area contributed by atoms with Crippen LogP contribution in [-0.2, 0) is 0 Å². The van der Waals surface area contributed by atoms with Crippen molar-refractivity contribution in [1.82, 2.24) is 5.32 Å². The maximum absolute atomic E-state index is 13.9. The third kappa shape index (κ3) is 3.05. The van der Waals surface area contributed by atoms with Crippen LogP contribution in [0.4, 0.5) is 8.78 Å². The van der Waals surface area contributed by atoms with Gasteiger partial charge in [0.15, 0.2) is 0 Å². The molecule has 1 saturated carbocycles. The molecule has 17 heavy (non-hydrogen) atoms. The molecule has 0 bridgehead atoms. The summed E-state index contributed by atoms with van der Waals surface area (Å²) < 4.78 is 27.5. The lowest BCUT2D eigenvalue weighted by molar-refractivity contribution is 0.453. The second kappa shape index (κ2) is 5.44. The second-order valence-corrected chi connectivity index (χ2v) is 5.41. The van der Waals surface area contributed by atoms with Crippen molar-refractivity contribution in [3.8, 4) is 0 Å². The van der Waals surface area contributed by atoms with Gasteiger partial charge in [0.1, 0.15) is 11.6 Å². The molecule has 2 rings (SSSR count). The van der Waals surface area contributed by atoms with Crippen molar-refractivity contribution in [2.24, 2.45) is 5.92 Å². The Hall–Kier alpha value is -0.480. The number of rotatable bonds is 5. The van der Waals surface area contributed by atoms with Gasteiger partial charge in [0.25, 0.3) is 0 Å². The molecule has 94 valence electrons. The summed E-state index contributed by atoms with van der Waals surface area (Å²) in [5, 5.41) is 3.31. The topological polar surface area (TPSA) is 12.0 Å². The first-order chi connectivity index (χ1) is 8.13. The Morgan fingerprint density at radius 1 is 1.35 bits per heavy atom. The van der Waals surface area contributed by atoms with E-state index in [4.69, 9.17) is 0 Å². The fraction of sp³-hybridized carbons (Fsp3) is 0.538. The number of hydrogen-bond acceptors (Lipinski definition) is 1. The quantitative estimate of drug-likeness (QED) is 0.805. The van der Waals surface area contributed by atoms with Gasteiger partial charge in [-0.05, 0) is 59.8 Å². The molecule has 0 amide bonds. The van der Waals surface area contributed by atoms with Gasteiger partial charge in [0, 0.05) is 11.6 Å². The van der Waals surface area contributed by atoms with Crippen LogP contribution in [0.3, 0.4) is 0 Å². The summed E-state index contributed by atoms with van der Waals surface area (Å²) >= 11 is 3.00. The van der Waals surface area contributed by atoms with Crippen molar-refractivity contribution in [1.29, 1.82) is 0 Å². The van der Waals surface area contributed by atoms with Gasteiger partial charge in [-0.2, -0.15) is 0 Å². The van der Waals surface area contributed by atoms with E-state index in [-0.39, 0.29) is 16.3 Å². The van der Waals surface area contributed by atoms with Gasteiger partial charge < -0.3 is 5.32 Å². The summed E-state index contributed by atoms with van der Waals surface area (Å²) in [6, 6.07) is 2.48. The molecule has 0 aliphatic heterocycles. The van der Waals surface area contributed by atoms with Gasteiger partial charge in [-0.25, -0.2) is 8.78 Å². The van der Waals surface area contributed by atoms with E-state index in [1.165, 1.54) is 12.1 Å². The van der Waals surface area contributed by atoms with E-state index in [1.54, 1.807) is 0 Å². The van der Waals surface area contributed by atoms with Crippen molar-refractivity contribution < 1.29 is 8.78 Å². The molecule has 1 fully saturated rings. The smallest absolute Gasteiger partial charge is 0.137 e. The molecule has 1 nitrogen and oxygen atoms in total. The van der Waals surface area contributed by atoms with Crippen LogP contribution in [0.25, 0.3) is 0 Å². The third-order valence-electron chi connectivity index (χ3n) is 3.08. The predicted molar refractivity (Wildman–Crippen MR) is 67.8 cm³/mol. The van der Waals surface area contributed by atoms with Crippen LogP contribution in [0.5, 0.6) is 0 Å². The molecule has 1 N–H and O–H groups in total. The number of hydrogen-bond donors (Lipinski definition) is 1. The molecule has 0 heterocycles. The van der Waals surface area contributed by atoms with E-state index in [0.29, 0.717) is 11.5 Å². The third-order valence-corrected chi connectivity index (χ3v) is 3.69. The molecule has 0 saturated heterocycles. The highest BCUT2D eigenvalue weighted by molar-refractivity contribution is 9.10. The minimum absolute atomic E-state index is 0.0439. The van der Waals surface area contributed by atoms with E-state index >= 15 is 0 Å². The summed E-state index contributed by atoms with van der Waals surface area (Å²) in [6.45, 7) is 2.90. The molecular weight excluding hydrogens is 288 g/mol. The summed E-state index contributed by atoms with van der Waals surface area (Å²) in [6.07, 6.45) is 3.18. The minimum atomic E-state index is -0.398. The summed E-state index contributed by atoms with van der Waals surface area (Å²) in [5.74, 6) is -0.277. The highest BCUT2D eigenvalue weighted by atomic mass is 79.9. The fourth-order valence-electron chi connectivity index (χ4n) is 2.04. The zero-order valence-corrected chi connectivity index (χ0v) is 11.4. The average molecular weight is 304 g/mol. The normalized spacial score (nSPS) is 17.2. The fourth-order valence-corrected chi connectivity index (χ4v) is 2.35. The predicted octanol–water partition coefficient (Wildman–Crippen LogP) is 4.18. The maximum Gasteiger partial charge on any atom is 0.137 e. The first-order valence-corrected chi connectivity index (χ1v) is 6.80. The molecule has 0 aromatic heterocycles. The van der Waals surface area contributed by atoms with Crippen LogP contribution in [0.2, 0.25) is 0 Å². The van der Waals surface area contributed by atoms with Crippen molar-refractivity contribution in [3.63, 3.8) is 0 Å². The van der Waals surface area contributed by atoms with E-state index in [9.17, 15) is 8.78 Å². The lowest BCUT2D eigenvalue weighted by Crippen LogP contribution is -2.25. The van der Waals surface area contributed by atoms with Crippen molar-refractivity contribution in [2.75, 3.05) is 6.54 Å². The van der Waals surface area contributed by atoms with Crippen LogP contribution in [-0.4, -0.2) is 6.54 Å². The van der Waals surface area contributed by atoms with Crippen LogP contribution < -0.4 is 5.32 Å². The highest BCUT2D eigenvalue weighted by Gasteiger charge is 2.33. The minimum Gasteiger partial charge on any atom is -0.310 e. The molecule has 0 spiro atoms. The standard InChI is InChI=1S/C13H16BrF2N/c1-2-5-17-13(8-3-4-8)9-6-12(16)10(14)7-11(9)15/h6-8,13,17H,2-5H2,1H3. The van der Waals surface area contributed by atoms with Crippen molar-refractivity contribution >= 4 is 15.9 Å². The van der Waals surface area contributed by atoms with Crippen molar-refractivity contribution in [2.45, 2.75) is 32.2 Å². The lowest BCUT2D eigenvalue weighted by Gasteiger charge is -2.19. The Kier molecular flexibility index (Phi) is 4.15. The summed E-state index contributed by atoms with van der Waals surface area (Å²) in [4.78, 5) is 0. The molecule has 4 heteroatoms. The molecule has 1 atom stereocenters. The zero-order chi connectivity index (χ0) is 12.4. The zero-order valence-electron chi connectivity index (χ0n) is 9.77. The molecule has 0 radical (unpaired) electrons. The molecular formula is C13H16BrF2N. The van der Waals surface area contributed by atoms with Gasteiger partial charge in [0.05, 0.1) is 4.47 Å². The van der Waals surface area contributed by atoms with E-state index in [1.807, 2.05) is 0 Å². The largest absolute Gasteiger partial charge is 0.310 e. The number of benzene rings is 1. The van der Waals surface area contributed by atoms with Crippen molar-refractivity contribution in [3.05, 3.63) is 33.8 Å². The summed E-state index contributed by atoms with van der Waals surface area (Å²) in [7, 11) is 0. The van der Waals surface area contributed by atoms with E-state index < -0.39 is 5.82 Å². The monoisotopic (exact) mass is 303 g/mol. The Labute approximate surface area is 109 Å². The van der Waals surface area contributed by atoms with Crippen LogP contribution in [0.15, 0.2) is 16.6 Å². The Morgan fingerprint density at radius 2 is 2.06 bits per heavy atom. The maximum atomic E-state index is 13.9. The summed E-state index contributed by atoms with van der Waals surface area (Å²) in [5.41, 5.74) is 0.460. The number of nitrogens with one attached hydrogen (secondary N) is 1. The molecule has 1 aliphatic carbocycles. The number of halogens is 3. The van der Waals surface area contributed by atoms with E-state index in [2.05, 4.69) is 28.2 Å². The first kappa shape index (κ1) is 13.0. The van der Waals surface area contributed by atoms with Gasteiger partial charge >= 0.3 is 0 Å².